The van der Waals surface area contributed by atoms with Gasteiger partial charge in [-0.3, -0.25) is 4.79 Å². The van der Waals surface area contributed by atoms with Crippen molar-refractivity contribution in [1.29, 1.82) is 0 Å². The Morgan fingerprint density at radius 2 is 1.67 bits per heavy atom. The third kappa shape index (κ3) is 351. The largest absolute Gasteiger partial charge is 0.412 e. The monoisotopic (exact) mass is 113 g/mol. The highest BCUT2D eigenvalue weighted by Crippen LogP contribution is 1.33. The number of amides is 1. The van der Waals surface area contributed by atoms with E-state index in [2.05, 4.69) is 5.73 Å². The van der Waals surface area contributed by atoms with Crippen LogP contribution in [0.3, 0.4) is 0 Å². The molecule has 0 unspecified atom stereocenters. The third-order valence-electron chi connectivity index (χ3n) is 0. The van der Waals surface area contributed by atoms with E-state index >= 15 is 0 Å². The van der Waals surface area contributed by atoms with Crippen molar-refractivity contribution >= 4 is 18.3 Å². The summed E-state index contributed by atoms with van der Waals surface area (Å²) >= 11 is 0. The molecule has 0 spiro atoms. The molecule has 6 heavy (non-hydrogen) atoms. The van der Waals surface area contributed by atoms with Crippen LogP contribution in [0.1, 0.15) is 6.92 Å². The Kier molecular flexibility index (Phi) is 25.3. The summed E-state index contributed by atoms with van der Waals surface area (Å²) in [6.45, 7) is 1.31. The zero-order chi connectivity index (χ0) is 3.58. The second-order valence-corrected chi connectivity index (χ2v) is 0.611. The predicted octanol–water partition coefficient (Wildman–Crippen LogP) is -0.911. The van der Waals surface area contributed by atoms with Crippen molar-refractivity contribution in [3.8, 4) is 0 Å². The van der Waals surface area contributed by atoms with E-state index in [0.717, 1.165) is 0 Å². The smallest absolute Gasteiger partial charge is 0.214 e. The highest BCUT2D eigenvalue weighted by molar-refractivity contribution is 5.85. The lowest BCUT2D eigenvalue weighted by Crippen LogP contribution is -2.01. The van der Waals surface area contributed by atoms with Gasteiger partial charge in [0, 0.05) is 6.92 Å². The Hall–Kier alpha value is -0.280. The van der Waals surface area contributed by atoms with Crippen molar-refractivity contribution in [2.45, 2.75) is 6.92 Å². The SMILES string of the molecule is CC(N)=O.Cl.O. The summed E-state index contributed by atoms with van der Waals surface area (Å²) in [5.41, 5.74) is 4.47. The highest BCUT2D eigenvalue weighted by Gasteiger charge is 1.61. The molecule has 0 aliphatic heterocycles. The third-order valence-corrected chi connectivity index (χ3v) is 0. The maximum Gasteiger partial charge on any atom is 0.214 e. The van der Waals surface area contributed by atoms with Crippen LogP contribution in [0.5, 0.6) is 0 Å². The first kappa shape index (κ1) is 17.2. The van der Waals surface area contributed by atoms with E-state index in [4.69, 9.17) is 0 Å². The van der Waals surface area contributed by atoms with Crippen molar-refractivity contribution in [3.05, 3.63) is 0 Å². The van der Waals surface area contributed by atoms with E-state index in [0.29, 0.717) is 0 Å². The van der Waals surface area contributed by atoms with E-state index in [-0.39, 0.29) is 23.8 Å². The molecule has 0 radical (unpaired) electrons. The molecule has 0 fully saturated rings. The molecule has 0 bridgehead atoms. The van der Waals surface area contributed by atoms with Gasteiger partial charge in [-0.25, -0.2) is 0 Å². The van der Waals surface area contributed by atoms with Gasteiger partial charge in [-0.2, -0.15) is 0 Å². The topological polar surface area (TPSA) is 74.6 Å². The molecule has 0 aliphatic rings. The Balaban J connectivity index is -0.0000000450. The minimum Gasteiger partial charge on any atom is -0.412 e. The van der Waals surface area contributed by atoms with Crippen LogP contribution in [-0.4, -0.2) is 11.4 Å². The van der Waals surface area contributed by atoms with Gasteiger partial charge in [0.1, 0.15) is 0 Å². The fraction of sp³-hybridized carbons (Fsp3) is 0.500. The average molecular weight is 114 g/mol. The maximum atomic E-state index is 9.22. The molecule has 0 rings (SSSR count). The first-order valence-electron chi connectivity index (χ1n) is 0.993. The number of hydrogen-bond acceptors (Lipinski definition) is 1. The summed E-state index contributed by atoms with van der Waals surface area (Å²) in [6, 6.07) is 0. The predicted molar refractivity (Wildman–Crippen MR) is 25.7 cm³/mol. The molecule has 0 heterocycles. The molecule has 4 heteroatoms. The summed E-state index contributed by atoms with van der Waals surface area (Å²) in [5, 5.41) is 0. The lowest BCUT2D eigenvalue weighted by molar-refractivity contribution is -0.115. The van der Waals surface area contributed by atoms with Crippen molar-refractivity contribution in [2.75, 3.05) is 0 Å². The quantitative estimate of drug-likeness (QED) is 0.434. The first-order chi connectivity index (χ1) is 1.73. The minimum atomic E-state index is -0.333. The van der Waals surface area contributed by atoms with Crippen LogP contribution >= 0.6 is 12.4 Å². The zero-order valence-electron chi connectivity index (χ0n) is 3.39. The first-order valence-corrected chi connectivity index (χ1v) is 0.993. The van der Waals surface area contributed by atoms with E-state index < -0.39 is 0 Å². The van der Waals surface area contributed by atoms with Gasteiger partial charge in [-0.15, -0.1) is 12.4 Å². The molecule has 0 saturated carbocycles. The van der Waals surface area contributed by atoms with Crippen molar-refractivity contribution < 1.29 is 10.3 Å². The van der Waals surface area contributed by atoms with Gasteiger partial charge in [0.05, 0.1) is 0 Å². The summed E-state index contributed by atoms with van der Waals surface area (Å²) < 4.78 is 0. The van der Waals surface area contributed by atoms with Gasteiger partial charge in [-0.05, 0) is 0 Å². The van der Waals surface area contributed by atoms with Gasteiger partial charge < -0.3 is 11.2 Å². The van der Waals surface area contributed by atoms with Gasteiger partial charge in [0.25, 0.3) is 0 Å². The number of carbonyl (C=O) groups excluding carboxylic acids is 1. The fourth-order valence-corrected chi connectivity index (χ4v) is 0. The van der Waals surface area contributed by atoms with Gasteiger partial charge >= 0.3 is 0 Å². The number of halogens is 1. The van der Waals surface area contributed by atoms with E-state index in [1.54, 1.807) is 0 Å². The standard InChI is InChI=1S/C2H5NO.ClH.H2O/c1-2(3)4;;/h1H3,(H2,3,4);1H;1H2. The Labute approximate surface area is 42.2 Å². The van der Waals surface area contributed by atoms with Gasteiger partial charge in [0.2, 0.25) is 5.91 Å². The minimum absolute atomic E-state index is 0. The zero-order valence-corrected chi connectivity index (χ0v) is 4.21. The van der Waals surface area contributed by atoms with Crippen LogP contribution in [0.2, 0.25) is 0 Å². The van der Waals surface area contributed by atoms with Crippen LogP contribution in [0, 0.1) is 0 Å². The lowest BCUT2D eigenvalue weighted by atomic mass is 10.8. The summed E-state index contributed by atoms with van der Waals surface area (Å²) in [4.78, 5) is 9.22. The molecule has 0 aromatic carbocycles. The van der Waals surface area contributed by atoms with Crippen molar-refractivity contribution in [1.82, 2.24) is 0 Å². The molecule has 1 amide bonds. The van der Waals surface area contributed by atoms with Crippen molar-refractivity contribution in [3.63, 3.8) is 0 Å². The van der Waals surface area contributed by atoms with Gasteiger partial charge in [0.15, 0.2) is 0 Å². The number of carbonyl (C=O) groups is 1. The second kappa shape index (κ2) is 8.83. The van der Waals surface area contributed by atoms with E-state index in [1.165, 1.54) is 6.92 Å². The van der Waals surface area contributed by atoms with Crippen LogP contribution in [0.25, 0.3) is 0 Å². The Morgan fingerprint density at radius 1 is 1.67 bits per heavy atom. The molecule has 0 aromatic rings. The summed E-state index contributed by atoms with van der Waals surface area (Å²) in [6.07, 6.45) is 0. The molecule has 0 atom stereocenters. The summed E-state index contributed by atoms with van der Waals surface area (Å²) in [5.74, 6) is -0.333. The molecular weight excluding hydrogens is 105 g/mol. The molecule has 0 aliphatic carbocycles. The van der Waals surface area contributed by atoms with Crippen LogP contribution in [-0.2, 0) is 4.79 Å². The highest BCUT2D eigenvalue weighted by atomic mass is 35.5. The van der Waals surface area contributed by atoms with E-state index in [1.807, 2.05) is 0 Å². The van der Waals surface area contributed by atoms with E-state index in [9.17, 15) is 4.79 Å². The molecule has 3 nitrogen and oxygen atoms in total. The van der Waals surface area contributed by atoms with Crippen LogP contribution in [0.4, 0.5) is 0 Å². The second-order valence-electron chi connectivity index (χ2n) is 0.611. The Bertz CT molecular complexity index is 34.5. The number of nitrogens with two attached hydrogens (primary N) is 1. The molecule has 0 aromatic heterocycles. The maximum absolute atomic E-state index is 9.22. The molecule has 4 N–H and O–H groups in total. The average Bonchev–Trinajstić information content (AvgIpc) is 0.811. The lowest BCUT2D eigenvalue weighted by Gasteiger charge is -1.60. The van der Waals surface area contributed by atoms with Gasteiger partial charge in [-0.1, -0.05) is 0 Å². The normalized spacial score (nSPS) is 4.17. The van der Waals surface area contributed by atoms with Crippen LogP contribution < -0.4 is 5.73 Å². The summed E-state index contributed by atoms with van der Waals surface area (Å²) in [7, 11) is 0. The molecule has 0 saturated heterocycles. The Morgan fingerprint density at radius 3 is 1.67 bits per heavy atom. The fourth-order valence-electron chi connectivity index (χ4n) is 0. The number of hydrogen-bond donors (Lipinski definition) is 1. The van der Waals surface area contributed by atoms with Crippen LogP contribution in [0.15, 0.2) is 0 Å². The molecular formula is C2H8ClNO2. The van der Waals surface area contributed by atoms with Crippen molar-refractivity contribution in [2.24, 2.45) is 5.73 Å². The molecule has 40 valence electrons. The number of rotatable bonds is 0. The number of primary amides is 1.